The van der Waals surface area contributed by atoms with Crippen molar-refractivity contribution in [2.45, 2.75) is 144 Å². The summed E-state index contributed by atoms with van der Waals surface area (Å²) in [6.07, 6.45) is 21.9. The molecule has 0 unspecified atom stereocenters. The SMILES string of the molecule is CC(=O)NC1CCCCC1.CC(=O)NC1CCCCC1.CN([At])c1cc(-c2cnn3c2CC(C)(C)C3)c(Cl)cn1.CN([At])c1cc(-c2cnn3c2CC(C)(C)C3)c(Cl)cn1. The van der Waals surface area contributed by atoms with Gasteiger partial charge in [-0.3, -0.25) is 9.59 Å². The maximum absolute atomic E-state index is 10.6. The molecule has 2 amide bonds. The quantitative estimate of drug-likeness (QED) is 0.196. The molecule has 2 N–H and O–H groups in total. The van der Waals surface area contributed by atoms with E-state index in [4.69, 9.17) is 23.2 Å². The Morgan fingerprint density at radius 2 is 0.983 bits per heavy atom. The first-order valence-electron chi connectivity index (χ1n) is 21.1. The van der Waals surface area contributed by atoms with Gasteiger partial charge in [0.25, 0.3) is 0 Å². The molecule has 0 aromatic carbocycles. The van der Waals surface area contributed by atoms with Crippen molar-refractivity contribution in [3.63, 3.8) is 0 Å². The second kappa shape index (κ2) is 21.8. The zero-order chi connectivity index (χ0) is 43.8. The van der Waals surface area contributed by atoms with Crippen LogP contribution in [0.2, 0.25) is 10.0 Å². The van der Waals surface area contributed by atoms with E-state index in [1.165, 1.54) is 75.6 Å². The predicted octanol–water partition coefficient (Wildman–Crippen LogP) is 9.07. The predicted molar refractivity (Wildman–Crippen MR) is 234 cm³/mol. The van der Waals surface area contributed by atoms with E-state index in [-0.39, 0.29) is 22.6 Å². The molecule has 0 atom stereocenters. The number of halogens is 2. The first-order valence-corrected chi connectivity index (χ1v) is 24.5. The summed E-state index contributed by atoms with van der Waals surface area (Å²) in [5, 5.41) is 16.3. The molecule has 60 heavy (non-hydrogen) atoms. The topological polar surface area (TPSA) is 126 Å². The third-order valence-corrected chi connectivity index (χ3v) is 13.2. The summed E-state index contributed by atoms with van der Waals surface area (Å²) in [7, 11) is 4.00. The molecule has 4 aliphatic rings. The van der Waals surface area contributed by atoms with Crippen LogP contribution in [0, 0.1) is 60.8 Å². The van der Waals surface area contributed by atoms with Gasteiger partial charge in [-0.15, -0.1) is 0 Å². The number of amides is 2. The van der Waals surface area contributed by atoms with E-state index in [9.17, 15) is 9.59 Å². The first kappa shape index (κ1) is 48.6. The van der Waals surface area contributed by atoms with Crippen molar-refractivity contribution in [1.29, 1.82) is 0 Å². The molecule has 328 valence electrons. The summed E-state index contributed by atoms with van der Waals surface area (Å²) in [6, 6.07) is 5.05. The van der Waals surface area contributed by atoms with E-state index in [0.29, 0.717) is 22.1 Å². The second-order valence-electron chi connectivity index (χ2n) is 18.1. The van der Waals surface area contributed by atoms with E-state index >= 15 is 0 Å². The molecule has 6 heterocycles. The molecule has 4 aromatic heterocycles. The molecule has 0 radical (unpaired) electrons. The minimum absolute atomic E-state index is 0.118. The number of hydrogen-bond donors (Lipinski definition) is 2. The Bertz CT molecular complexity index is 1930. The zero-order valence-electron chi connectivity index (χ0n) is 36.4. The Morgan fingerprint density at radius 3 is 1.30 bits per heavy atom. The molecule has 2 saturated carbocycles. The van der Waals surface area contributed by atoms with Crippen LogP contribution >= 0.6 is 23.2 Å². The maximum atomic E-state index is 10.6. The van der Waals surface area contributed by atoms with Gasteiger partial charge in [0.2, 0.25) is 11.8 Å². The number of nitrogens with zero attached hydrogens (tertiary/aromatic N) is 8. The van der Waals surface area contributed by atoms with Gasteiger partial charge in [0, 0.05) is 25.9 Å². The van der Waals surface area contributed by atoms with Crippen molar-refractivity contribution in [2.75, 3.05) is 19.8 Å². The van der Waals surface area contributed by atoms with Crippen molar-refractivity contribution in [3.8, 4) is 22.3 Å². The van der Waals surface area contributed by atoms with E-state index < -0.39 is 0 Å². The second-order valence-corrected chi connectivity index (χ2v) is 22.8. The monoisotopic (exact) mass is 1250 g/mol. The third-order valence-electron chi connectivity index (χ3n) is 11.3. The fraction of sp³-hybridized carbons (Fsp3) is 0.591. The van der Waals surface area contributed by atoms with E-state index in [2.05, 4.69) is 67.9 Å². The molecule has 0 spiro atoms. The average Bonchev–Trinajstić information content (AvgIpc) is 3.91. The molecular formula is C44H62At2Cl2N10O2. The van der Waals surface area contributed by atoms with Crippen molar-refractivity contribution >= 4 is 46.7 Å². The summed E-state index contributed by atoms with van der Waals surface area (Å²) < 4.78 is 8.27. The minimum atomic E-state index is 0.118. The molecule has 12 nitrogen and oxygen atoms in total. The molecule has 2 fully saturated rings. The Labute approximate surface area is 398 Å². The number of pyridine rings is 2. The molecule has 0 bridgehead atoms. The number of anilines is 2. The number of rotatable bonds is 6. The molecule has 0 saturated heterocycles. The summed E-state index contributed by atoms with van der Waals surface area (Å²) in [4.78, 5) is 29.9. The van der Waals surface area contributed by atoms with Gasteiger partial charge >= 0.3 is 279 Å². The number of fused-ring (bicyclic) bond motifs is 2. The molecule has 4 aromatic rings. The molecule has 2 aliphatic carbocycles. The van der Waals surface area contributed by atoms with Gasteiger partial charge in [-0.2, -0.15) is 0 Å². The standard InChI is InChI=1S/2C14H16AtClN4.2C8H15NO/c2*1-14(2)5-12-10(6-18-20(12)8-14)9-4-13(19(3)15)17-7-11(9)16;2*1-7(10)9-8-5-3-2-4-6-8/h2*4,6-7H,5,8H2,1-3H3;2*8H,2-6H2,1H3,(H,9,10). The summed E-state index contributed by atoms with van der Waals surface area (Å²) in [6.45, 7) is 14.2. The van der Waals surface area contributed by atoms with Gasteiger partial charge in [-0.25, -0.2) is 0 Å². The van der Waals surface area contributed by atoms with Gasteiger partial charge in [0.15, 0.2) is 0 Å². The van der Waals surface area contributed by atoms with Gasteiger partial charge in [-0.05, 0) is 25.7 Å². The number of carbonyl (C=O) groups is 2. The number of carbonyl (C=O) groups excluding carboxylic acids is 2. The molecule has 8 rings (SSSR count). The van der Waals surface area contributed by atoms with E-state index in [1.807, 2.05) is 44.3 Å². The summed E-state index contributed by atoms with van der Waals surface area (Å²) in [5.74, 6) is 2.09. The van der Waals surface area contributed by atoms with Crippen molar-refractivity contribution in [1.82, 2.24) is 40.2 Å². The van der Waals surface area contributed by atoms with Crippen LogP contribution in [0.3, 0.4) is 0 Å². The van der Waals surface area contributed by atoms with Crippen LogP contribution in [0.15, 0.2) is 36.9 Å². The van der Waals surface area contributed by atoms with Crippen LogP contribution in [0.5, 0.6) is 0 Å². The van der Waals surface area contributed by atoms with Gasteiger partial charge in [0.05, 0.1) is 0 Å². The zero-order valence-corrected chi connectivity index (χ0v) is 43.8. The Kier molecular flexibility index (Phi) is 17.7. The van der Waals surface area contributed by atoms with Gasteiger partial charge in [-0.1, -0.05) is 38.5 Å². The van der Waals surface area contributed by atoms with Crippen LogP contribution in [0.25, 0.3) is 22.3 Å². The van der Waals surface area contributed by atoms with Crippen molar-refractivity contribution in [2.24, 2.45) is 10.8 Å². The Balaban J connectivity index is 0.000000160. The van der Waals surface area contributed by atoms with Crippen molar-refractivity contribution in [3.05, 3.63) is 58.4 Å². The molecule has 16 heteroatoms. The molecular weight excluding hydrogens is 1190 g/mol. The number of aromatic nitrogens is 6. The first-order chi connectivity index (χ1) is 28.3. The van der Waals surface area contributed by atoms with Gasteiger partial charge in [0.1, 0.15) is 0 Å². The number of hydrogen-bond acceptors (Lipinski definition) is 8. The van der Waals surface area contributed by atoms with E-state index in [0.717, 1.165) is 59.8 Å². The normalized spacial score (nSPS) is 17.7. The van der Waals surface area contributed by atoms with Crippen LogP contribution in [0.1, 0.15) is 117 Å². The third kappa shape index (κ3) is 13.8. The fourth-order valence-corrected chi connectivity index (χ4v) is 9.55. The molecule has 2 aliphatic heterocycles. The van der Waals surface area contributed by atoms with E-state index in [1.54, 1.807) is 76.3 Å². The van der Waals surface area contributed by atoms with Crippen LogP contribution in [-0.2, 0) is 35.5 Å². The van der Waals surface area contributed by atoms with Crippen LogP contribution < -0.4 is 16.3 Å². The Morgan fingerprint density at radius 1 is 0.633 bits per heavy atom. The van der Waals surface area contributed by atoms with Crippen LogP contribution in [0.4, 0.5) is 11.6 Å². The summed E-state index contributed by atoms with van der Waals surface area (Å²) >= 11 is 15.8. The van der Waals surface area contributed by atoms with Gasteiger partial charge < -0.3 is 10.6 Å². The summed E-state index contributed by atoms with van der Waals surface area (Å²) in [5.41, 5.74) is 7.42. The Hall–Kier alpha value is -2.39. The average molecular weight is 1250 g/mol. The van der Waals surface area contributed by atoms with Crippen molar-refractivity contribution < 1.29 is 59.6 Å². The number of nitrogens with one attached hydrogen (secondary N) is 2. The van der Waals surface area contributed by atoms with Crippen LogP contribution in [-0.4, -0.2) is 67.5 Å². The fourth-order valence-electron chi connectivity index (χ4n) is 8.42.